The van der Waals surface area contributed by atoms with E-state index in [4.69, 9.17) is 0 Å². The number of hydrogen-bond donors (Lipinski definition) is 2. The van der Waals surface area contributed by atoms with Crippen LogP contribution in [0.15, 0.2) is 21.6 Å². The summed E-state index contributed by atoms with van der Waals surface area (Å²) in [5, 5.41) is 2.82. The Morgan fingerprint density at radius 2 is 2.15 bits per heavy atom. The van der Waals surface area contributed by atoms with Gasteiger partial charge in [-0.2, -0.15) is 0 Å². The van der Waals surface area contributed by atoms with Crippen molar-refractivity contribution in [1.29, 1.82) is 0 Å². The van der Waals surface area contributed by atoms with Crippen LogP contribution < -0.4 is 10.0 Å². The maximum Gasteiger partial charge on any atom is 0.244 e. The lowest BCUT2D eigenvalue weighted by Gasteiger charge is -2.16. The molecule has 0 atom stereocenters. The number of nitrogens with zero attached hydrogens (tertiary/aromatic N) is 1. The minimum atomic E-state index is -3.54. The van der Waals surface area contributed by atoms with Crippen LogP contribution in [0, 0.1) is 5.41 Å². The number of pyridine rings is 1. The first-order chi connectivity index (χ1) is 9.42. The largest absolute Gasteiger partial charge is 0.372 e. The van der Waals surface area contributed by atoms with Crippen molar-refractivity contribution in [3.05, 3.63) is 16.7 Å². The Labute approximate surface area is 128 Å². The lowest BCUT2D eigenvalue weighted by atomic mass is 10.0. The van der Waals surface area contributed by atoms with Crippen LogP contribution in [0.5, 0.6) is 0 Å². The molecule has 2 rings (SSSR count). The summed E-state index contributed by atoms with van der Waals surface area (Å²) in [4.78, 5) is 4.26. The van der Waals surface area contributed by atoms with Gasteiger partial charge in [0.15, 0.2) is 0 Å². The SMILES string of the molecule is CCCC1(CNS(=O)(=O)c2cc(Br)cnc2NC)CC1. The first-order valence-electron chi connectivity index (χ1n) is 6.75. The van der Waals surface area contributed by atoms with E-state index < -0.39 is 10.0 Å². The topological polar surface area (TPSA) is 71.1 Å². The van der Waals surface area contributed by atoms with Crippen molar-refractivity contribution in [2.24, 2.45) is 5.41 Å². The maximum absolute atomic E-state index is 12.4. The molecule has 2 N–H and O–H groups in total. The van der Waals surface area contributed by atoms with Gasteiger partial charge >= 0.3 is 0 Å². The predicted molar refractivity (Wildman–Crippen MR) is 83.2 cm³/mol. The standard InChI is InChI=1S/C13H20BrN3O2S/c1-3-4-13(5-6-13)9-17-20(18,19)11-7-10(14)8-16-12(11)15-2/h7-8,17H,3-6,9H2,1-2H3,(H,15,16). The molecular formula is C13H20BrN3O2S. The van der Waals surface area contributed by atoms with E-state index in [1.165, 1.54) is 0 Å². The molecule has 5 nitrogen and oxygen atoms in total. The van der Waals surface area contributed by atoms with E-state index >= 15 is 0 Å². The molecule has 7 heteroatoms. The molecule has 0 bridgehead atoms. The summed E-state index contributed by atoms with van der Waals surface area (Å²) in [6, 6.07) is 1.57. The van der Waals surface area contributed by atoms with Gasteiger partial charge in [-0.05, 0) is 46.7 Å². The van der Waals surface area contributed by atoms with E-state index in [9.17, 15) is 8.42 Å². The second kappa shape index (κ2) is 5.99. The molecule has 1 aliphatic carbocycles. The fourth-order valence-electron chi connectivity index (χ4n) is 2.36. The van der Waals surface area contributed by atoms with Gasteiger partial charge in [0.1, 0.15) is 10.7 Å². The molecule has 1 aromatic rings. The molecule has 1 saturated carbocycles. The Morgan fingerprint density at radius 3 is 2.70 bits per heavy atom. The number of rotatable bonds is 7. The maximum atomic E-state index is 12.4. The molecule has 20 heavy (non-hydrogen) atoms. The molecule has 0 radical (unpaired) electrons. The first kappa shape index (κ1) is 15.7. The summed E-state index contributed by atoms with van der Waals surface area (Å²) >= 11 is 3.26. The van der Waals surface area contributed by atoms with Crippen LogP contribution in [-0.2, 0) is 10.0 Å². The highest BCUT2D eigenvalue weighted by Crippen LogP contribution is 2.49. The Balaban J connectivity index is 2.16. The van der Waals surface area contributed by atoms with E-state index in [2.05, 4.69) is 37.9 Å². The van der Waals surface area contributed by atoms with Crippen molar-refractivity contribution in [3.8, 4) is 0 Å². The van der Waals surface area contributed by atoms with Gasteiger partial charge in [-0.25, -0.2) is 18.1 Å². The van der Waals surface area contributed by atoms with Crippen LogP contribution >= 0.6 is 15.9 Å². The summed E-state index contributed by atoms with van der Waals surface area (Å²) < 4.78 is 28.2. The van der Waals surface area contributed by atoms with Gasteiger partial charge in [0, 0.05) is 24.3 Å². The van der Waals surface area contributed by atoms with Gasteiger partial charge in [-0.3, -0.25) is 0 Å². The van der Waals surface area contributed by atoms with Crippen LogP contribution in [0.1, 0.15) is 32.6 Å². The van der Waals surface area contributed by atoms with Gasteiger partial charge in [0.25, 0.3) is 0 Å². The lowest BCUT2D eigenvalue weighted by molar-refractivity contribution is 0.449. The molecule has 1 aliphatic rings. The molecule has 1 heterocycles. The van der Waals surface area contributed by atoms with E-state index in [1.54, 1.807) is 19.3 Å². The van der Waals surface area contributed by atoms with Crippen LogP contribution in [-0.4, -0.2) is 27.0 Å². The van der Waals surface area contributed by atoms with Crippen molar-refractivity contribution in [2.45, 2.75) is 37.5 Å². The molecule has 112 valence electrons. The van der Waals surface area contributed by atoms with Crippen LogP contribution in [0.2, 0.25) is 0 Å². The number of aromatic nitrogens is 1. The molecule has 0 saturated heterocycles. The van der Waals surface area contributed by atoms with Crippen LogP contribution in [0.25, 0.3) is 0 Å². The van der Waals surface area contributed by atoms with Crippen molar-refractivity contribution in [1.82, 2.24) is 9.71 Å². The second-order valence-electron chi connectivity index (χ2n) is 5.32. The summed E-state index contributed by atoms with van der Waals surface area (Å²) in [6.45, 7) is 2.64. The van der Waals surface area contributed by atoms with E-state index in [-0.39, 0.29) is 10.3 Å². The normalized spacial score (nSPS) is 16.9. The quantitative estimate of drug-likeness (QED) is 0.783. The minimum absolute atomic E-state index is 0.182. The van der Waals surface area contributed by atoms with E-state index in [0.29, 0.717) is 16.8 Å². The lowest BCUT2D eigenvalue weighted by Crippen LogP contribution is -2.31. The van der Waals surface area contributed by atoms with Gasteiger partial charge in [-0.1, -0.05) is 13.3 Å². The smallest absolute Gasteiger partial charge is 0.244 e. The van der Waals surface area contributed by atoms with Crippen LogP contribution in [0.3, 0.4) is 0 Å². The third-order valence-electron chi connectivity index (χ3n) is 3.72. The summed E-state index contributed by atoms with van der Waals surface area (Å²) in [5.74, 6) is 0.362. The third-order valence-corrected chi connectivity index (χ3v) is 5.57. The van der Waals surface area contributed by atoms with Gasteiger partial charge in [0.2, 0.25) is 10.0 Å². The first-order valence-corrected chi connectivity index (χ1v) is 9.03. The van der Waals surface area contributed by atoms with Crippen molar-refractivity contribution >= 4 is 31.8 Å². The zero-order valence-electron chi connectivity index (χ0n) is 11.7. The molecule has 0 amide bonds. The fraction of sp³-hybridized carbons (Fsp3) is 0.615. The van der Waals surface area contributed by atoms with Gasteiger partial charge < -0.3 is 5.32 Å². The van der Waals surface area contributed by atoms with Crippen molar-refractivity contribution in [2.75, 3.05) is 18.9 Å². The number of anilines is 1. The van der Waals surface area contributed by atoms with Gasteiger partial charge in [-0.15, -0.1) is 0 Å². The predicted octanol–water partition coefficient (Wildman–Crippen LogP) is 2.74. The molecule has 0 aromatic carbocycles. The average molecular weight is 362 g/mol. The molecule has 0 aliphatic heterocycles. The van der Waals surface area contributed by atoms with E-state index in [0.717, 1.165) is 25.7 Å². The number of sulfonamides is 1. The monoisotopic (exact) mass is 361 g/mol. The molecule has 0 unspecified atom stereocenters. The molecule has 1 fully saturated rings. The Hall–Kier alpha value is -0.660. The highest BCUT2D eigenvalue weighted by Gasteiger charge is 2.42. The summed E-state index contributed by atoms with van der Waals surface area (Å²) in [6.07, 6.45) is 5.95. The summed E-state index contributed by atoms with van der Waals surface area (Å²) in [7, 11) is -1.88. The van der Waals surface area contributed by atoms with Crippen molar-refractivity contribution in [3.63, 3.8) is 0 Å². The van der Waals surface area contributed by atoms with Crippen molar-refractivity contribution < 1.29 is 8.42 Å². The number of nitrogens with one attached hydrogen (secondary N) is 2. The molecule has 0 spiro atoms. The third kappa shape index (κ3) is 3.51. The van der Waals surface area contributed by atoms with Crippen LogP contribution in [0.4, 0.5) is 5.82 Å². The Morgan fingerprint density at radius 1 is 1.45 bits per heavy atom. The highest BCUT2D eigenvalue weighted by molar-refractivity contribution is 9.10. The average Bonchev–Trinajstić information content (AvgIpc) is 3.17. The minimum Gasteiger partial charge on any atom is -0.372 e. The molecule has 1 aromatic heterocycles. The Bertz CT molecular complexity index is 585. The molecular weight excluding hydrogens is 342 g/mol. The van der Waals surface area contributed by atoms with Gasteiger partial charge in [0.05, 0.1) is 0 Å². The number of hydrogen-bond acceptors (Lipinski definition) is 4. The second-order valence-corrected chi connectivity index (χ2v) is 7.98. The Kier molecular flexibility index (Phi) is 4.71. The fourth-order valence-corrected chi connectivity index (χ4v) is 4.19. The summed E-state index contributed by atoms with van der Waals surface area (Å²) in [5.41, 5.74) is 0.182. The highest BCUT2D eigenvalue weighted by atomic mass is 79.9. The zero-order chi connectivity index (χ0) is 14.8. The van der Waals surface area contributed by atoms with E-state index in [1.807, 2.05) is 0 Å². The zero-order valence-corrected chi connectivity index (χ0v) is 14.1. The number of halogens is 1.